The lowest BCUT2D eigenvalue weighted by Gasteiger charge is -2.18. The molecule has 6 heteroatoms. The van der Waals surface area contributed by atoms with Gasteiger partial charge in [0.1, 0.15) is 0 Å². The maximum Gasteiger partial charge on any atom is 0.312 e. The van der Waals surface area contributed by atoms with Crippen molar-refractivity contribution in [3.63, 3.8) is 0 Å². The highest BCUT2D eigenvalue weighted by Gasteiger charge is 2.17. The standard InChI is InChI=1S/C18H20BrN3O2/c19-15-8-6-14(7-9-15)16(22-18(20)24)12-17(23)21-11-10-13-4-2-1-3-5-13/h1-9,16H,10-12H2,(H,21,23)(H3,20,22,24). The molecule has 2 aromatic rings. The van der Waals surface area contributed by atoms with Crippen molar-refractivity contribution in [2.24, 2.45) is 5.73 Å². The Kier molecular flexibility index (Phi) is 6.81. The lowest BCUT2D eigenvalue weighted by molar-refractivity contribution is -0.121. The van der Waals surface area contributed by atoms with Gasteiger partial charge in [0.2, 0.25) is 5.91 Å². The number of carbonyl (C=O) groups excluding carboxylic acids is 2. The molecule has 2 aromatic carbocycles. The van der Waals surface area contributed by atoms with Crippen LogP contribution in [0.4, 0.5) is 4.79 Å². The number of halogens is 1. The number of nitrogens with one attached hydrogen (secondary N) is 2. The number of rotatable bonds is 7. The minimum absolute atomic E-state index is 0.132. The zero-order chi connectivity index (χ0) is 17.4. The summed E-state index contributed by atoms with van der Waals surface area (Å²) in [6.45, 7) is 0.548. The van der Waals surface area contributed by atoms with Crippen LogP contribution in [-0.2, 0) is 11.2 Å². The SMILES string of the molecule is NC(=O)NC(CC(=O)NCCc1ccccc1)c1ccc(Br)cc1. The van der Waals surface area contributed by atoms with Crippen LogP contribution in [0.25, 0.3) is 0 Å². The van der Waals surface area contributed by atoms with E-state index in [0.717, 1.165) is 22.0 Å². The van der Waals surface area contributed by atoms with Crippen molar-refractivity contribution in [1.29, 1.82) is 0 Å². The van der Waals surface area contributed by atoms with E-state index in [1.165, 1.54) is 0 Å². The normalized spacial score (nSPS) is 11.5. The van der Waals surface area contributed by atoms with E-state index in [-0.39, 0.29) is 12.3 Å². The second kappa shape index (κ2) is 9.08. The summed E-state index contributed by atoms with van der Waals surface area (Å²) in [5, 5.41) is 5.49. The lowest BCUT2D eigenvalue weighted by Crippen LogP contribution is -2.37. The first-order valence-electron chi connectivity index (χ1n) is 7.66. The summed E-state index contributed by atoms with van der Waals surface area (Å²) in [6.07, 6.45) is 0.901. The number of urea groups is 1. The molecular weight excluding hydrogens is 370 g/mol. The second-order valence-electron chi connectivity index (χ2n) is 5.40. The zero-order valence-corrected chi connectivity index (χ0v) is 14.8. The van der Waals surface area contributed by atoms with E-state index >= 15 is 0 Å². The monoisotopic (exact) mass is 389 g/mol. The van der Waals surface area contributed by atoms with Gasteiger partial charge in [-0.3, -0.25) is 4.79 Å². The van der Waals surface area contributed by atoms with Crippen LogP contribution in [0.1, 0.15) is 23.6 Å². The molecule has 1 atom stereocenters. The average molecular weight is 390 g/mol. The van der Waals surface area contributed by atoms with Crippen LogP contribution in [0.3, 0.4) is 0 Å². The van der Waals surface area contributed by atoms with Crippen molar-refractivity contribution >= 4 is 27.9 Å². The number of nitrogens with two attached hydrogens (primary N) is 1. The fourth-order valence-corrected chi connectivity index (χ4v) is 2.63. The third-order valence-electron chi connectivity index (χ3n) is 3.56. The fourth-order valence-electron chi connectivity index (χ4n) is 2.37. The maximum atomic E-state index is 12.2. The van der Waals surface area contributed by atoms with E-state index in [2.05, 4.69) is 26.6 Å². The average Bonchev–Trinajstić information content (AvgIpc) is 2.55. The minimum Gasteiger partial charge on any atom is -0.356 e. The molecule has 24 heavy (non-hydrogen) atoms. The van der Waals surface area contributed by atoms with Gasteiger partial charge in [-0.25, -0.2) is 4.79 Å². The number of carbonyl (C=O) groups is 2. The van der Waals surface area contributed by atoms with Gasteiger partial charge in [-0.15, -0.1) is 0 Å². The molecule has 3 amide bonds. The van der Waals surface area contributed by atoms with E-state index in [1.54, 1.807) is 0 Å². The summed E-state index contributed by atoms with van der Waals surface area (Å²) in [5.74, 6) is -0.132. The van der Waals surface area contributed by atoms with Crippen molar-refractivity contribution < 1.29 is 9.59 Å². The largest absolute Gasteiger partial charge is 0.356 e. The van der Waals surface area contributed by atoms with E-state index in [9.17, 15) is 9.59 Å². The second-order valence-corrected chi connectivity index (χ2v) is 6.32. The van der Waals surface area contributed by atoms with E-state index in [4.69, 9.17) is 5.73 Å². The summed E-state index contributed by atoms with van der Waals surface area (Å²) in [7, 11) is 0. The van der Waals surface area contributed by atoms with Crippen LogP contribution in [0.15, 0.2) is 59.1 Å². The summed E-state index contributed by atoms with van der Waals surface area (Å²) >= 11 is 3.36. The summed E-state index contributed by atoms with van der Waals surface area (Å²) in [4.78, 5) is 23.4. The molecule has 2 rings (SSSR count). The first kappa shape index (κ1) is 18.0. The number of primary amides is 1. The molecule has 1 unspecified atom stereocenters. The zero-order valence-electron chi connectivity index (χ0n) is 13.2. The molecule has 0 aliphatic carbocycles. The molecule has 0 bridgehead atoms. The van der Waals surface area contributed by atoms with E-state index < -0.39 is 12.1 Å². The Balaban J connectivity index is 1.89. The highest BCUT2D eigenvalue weighted by molar-refractivity contribution is 9.10. The first-order valence-corrected chi connectivity index (χ1v) is 8.46. The maximum absolute atomic E-state index is 12.2. The summed E-state index contributed by atoms with van der Waals surface area (Å²) in [5.41, 5.74) is 7.21. The molecule has 0 radical (unpaired) electrons. The molecule has 0 saturated carbocycles. The Hall–Kier alpha value is -2.34. The topological polar surface area (TPSA) is 84.2 Å². The molecule has 126 valence electrons. The summed E-state index contributed by atoms with van der Waals surface area (Å²) in [6, 6.07) is 16.2. The molecule has 4 N–H and O–H groups in total. The number of benzene rings is 2. The Labute approximate surface area is 149 Å². The highest BCUT2D eigenvalue weighted by Crippen LogP contribution is 2.19. The minimum atomic E-state index is -0.653. The number of hydrogen-bond donors (Lipinski definition) is 3. The van der Waals surface area contributed by atoms with Gasteiger partial charge in [0.25, 0.3) is 0 Å². The van der Waals surface area contributed by atoms with E-state index in [0.29, 0.717) is 6.54 Å². The molecule has 0 spiro atoms. The molecule has 0 heterocycles. The molecule has 0 aromatic heterocycles. The summed E-state index contributed by atoms with van der Waals surface area (Å²) < 4.78 is 0.927. The molecule has 0 saturated heterocycles. The van der Waals surface area contributed by atoms with Crippen molar-refractivity contribution in [1.82, 2.24) is 10.6 Å². The molecule has 0 fully saturated rings. The van der Waals surface area contributed by atoms with Gasteiger partial charge in [0.05, 0.1) is 12.5 Å². The third kappa shape index (κ3) is 6.04. The van der Waals surface area contributed by atoms with Gasteiger partial charge in [-0.2, -0.15) is 0 Å². The quantitative estimate of drug-likeness (QED) is 0.679. The Morgan fingerprint density at radius 3 is 2.33 bits per heavy atom. The van der Waals surface area contributed by atoms with Gasteiger partial charge in [0.15, 0.2) is 0 Å². The number of hydrogen-bond acceptors (Lipinski definition) is 2. The van der Waals surface area contributed by atoms with Crippen LogP contribution in [0, 0.1) is 0 Å². The highest BCUT2D eigenvalue weighted by atomic mass is 79.9. The molecule has 0 aliphatic rings. The Morgan fingerprint density at radius 2 is 1.71 bits per heavy atom. The van der Waals surface area contributed by atoms with Crippen molar-refractivity contribution in [2.75, 3.05) is 6.54 Å². The molecular formula is C18H20BrN3O2. The molecule has 0 aliphatic heterocycles. The van der Waals surface area contributed by atoms with Crippen molar-refractivity contribution in [3.8, 4) is 0 Å². The van der Waals surface area contributed by atoms with Crippen LogP contribution >= 0.6 is 15.9 Å². The van der Waals surface area contributed by atoms with E-state index in [1.807, 2.05) is 54.6 Å². The van der Waals surface area contributed by atoms with Gasteiger partial charge < -0.3 is 16.4 Å². The Morgan fingerprint density at radius 1 is 1.04 bits per heavy atom. The van der Waals surface area contributed by atoms with Crippen LogP contribution in [0.2, 0.25) is 0 Å². The number of amides is 3. The van der Waals surface area contributed by atoms with Crippen LogP contribution in [0.5, 0.6) is 0 Å². The smallest absolute Gasteiger partial charge is 0.312 e. The fraction of sp³-hybridized carbons (Fsp3) is 0.222. The van der Waals surface area contributed by atoms with Gasteiger partial charge >= 0.3 is 6.03 Å². The predicted molar refractivity (Wildman–Crippen MR) is 97.4 cm³/mol. The van der Waals surface area contributed by atoms with Gasteiger partial charge in [-0.05, 0) is 29.7 Å². The van der Waals surface area contributed by atoms with Crippen LogP contribution < -0.4 is 16.4 Å². The molecule has 5 nitrogen and oxygen atoms in total. The van der Waals surface area contributed by atoms with Gasteiger partial charge in [-0.1, -0.05) is 58.4 Å². The van der Waals surface area contributed by atoms with Gasteiger partial charge in [0, 0.05) is 11.0 Å². The van der Waals surface area contributed by atoms with Crippen LogP contribution in [-0.4, -0.2) is 18.5 Å². The van der Waals surface area contributed by atoms with Crippen molar-refractivity contribution in [3.05, 3.63) is 70.2 Å². The lowest BCUT2D eigenvalue weighted by atomic mass is 10.0. The third-order valence-corrected chi connectivity index (χ3v) is 4.09. The predicted octanol–water partition coefficient (Wildman–Crippen LogP) is 2.91. The Bertz CT molecular complexity index is 674. The van der Waals surface area contributed by atoms with Crippen molar-refractivity contribution in [2.45, 2.75) is 18.9 Å². The first-order chi connectivity index (χ1) is 11.5.